The number of esters is 1. The molecule has 0 aromatic heterocycles. The van der Waals surface area contributed by atoms with Gasteiger partial charge in [-0.05, 0) is 52.3 Å². The zero-order valence-corrected chi connectivity index (χ0v) is 23.4. The minimum Gasteiger partial charge on any atom is -0.459 e. The molecule has 8 nitrogen and oxygen atoms in total. The number of ether oxygens (including phenoxy) is 3. The van der Waals surface area contributed by atoms with E-state index in [4.69, 9.17) is 14.2 Å². The summed E-state index contributed by atoms with van der Waals surface area (Å²) in [7, 11) is 3.85. The van der Waals surface area contributed by atoms with Crippen molar-refractivity contribution in [1.29, 1.82) is 0 Å². The maximum atomic E-state index is 12.8. The third-order valence-corrected chi connectivity index (χ3v) is 7.48. The fourth-order valence-electron chi connectivity index (χ4n) is 5.22. The molecule has 0 aliphatic carbocycles. The van der Waals surface area contributed by atoms with E-state index in [2.05, 4.69) is 0 Å². The van der Waals surface area contributed by atoms with Gasteiger partial charge in [-0.3, -0.25) is 4.79 Å². The summed E-state index contributed by atoms with van der Waals surface area (Å²) in [5, 5.41) is 20.8. The Hall–Kier alpha value is -1.84. The highest BCUT2D eigenvalue weighted by Gasteiger charge is 2.40. The summed E-state index contributed by atoms with van der Waals surface area (Å²) in [4.78, 5) is 27.4. The molecule has 2 heterocycles. The summed E-state index contributed by atoms with van der Waals surface area (Å²) >= 11 is 0. The van der Waals surface area contributed by atoms with Crippen LogP contribution in [0.3, 0.4) is 0 Å². The second-order valence-corrected chi connectivity index (χ2v) is 10.9. The van der Waals surface area contributed by atoms with Crippen LogP contribution >= 0.6 is 0 Å². The molecule has 210 valence electrons. The van der Waals surface area contributed by atoms with Crippen LogP contribution in [0, 0.1) is 23.7 Å². The van der Waals surface area contributed by atoms with Crippen molar-refractivity contribution in [3.8, 4) is 0 Å². The van der Waals surface area contributed by atoms with Crippen LogP contribution in [0.25, 0.3) is 0 Å². The minimum absolute atomic E-state index is 0.000183. The molecule has 2 N–H and O–H groups in total. The molecule has 0 saturated carbocycles. The number of aliphatic hydroxyl groups is 2. The number of carbonyl (C=O) groups excluding carboxylic acids is 2. The number of cyclic esters (lactones) is 1. The third-order valence-electron chi connectivity index (χ3n) is 7.48. The van der Waals surface area contributed by atoms with Crippen molar-refractivity contribution in [2.75, 3.05) is 20.7 Å². The van der Waals surface area contributed by atoms with Crippen molar-refractivity contribution in [2.45, 2.75) is 90.6 Å². The van der Waals surface area contributed by atoms with Crippen molar-refractivity contribution < 1.29 is 34.0 Å². The van der Waals surface area contributed by atoms with Crippen molar-refractivity contribution in [3.05, 3.63) is 36.5 Å². The first-order chi connectivity index (χ1) is 17.5. The molecule has 0 aromatic carbocycles. The average molecular weight is 522 g/mol. The summed E-state index contributed by atoms with van der Waals surface area (Å²) < 4.78 is 18.1. The van der Waals surface area contributed by atoms with E-state index in [-0.39, 0.29) is 48.2 Å². The molecule has 0 radical (unpaired) electrons. The molecule has 2 rings (SSSR count). The molecule has 37 heavy (non-hydrogen) atoms. The lowest BCUT2D eigenvalue weighted by Gasteiger charge is -2.43. The van der Waals surface area contributed by atoms with Gasteiger partial charge in [0.15, 0.2) is 12.1 Å². The molecule has 2 aliphatic heterocycles. The zero-order chi connectivity index (χ0) is 27.7. The van der Waals surface area contributed by atoms with E-state index in [1.165, 1.54) is 12.2 Å². The highest BCUT2D eigenvalue weighted by atomic mass is 16.7. The Labute approximate surface area is 222 Å². The molecule has 0 amide bonds. The van der Waals surface area contributed by atoms with Crippen molar-refractivity contribution in [2.24, 2.45) is 23.7 Å². The summed E-state index contributed by atoms with van der Waals surface area (Å²) in [5.74, 6) is -1.41. The SMILES string of the molecule is CC[C@H]1OC(=O)/C=C/[C@H](C)[C@@H](O[C@H]2O[C@@H](C)C[C@@H](N(C)C)[C@@H]2O)[C@H](C)C[C@@H](C)C(=O)/C=C/C=C/[C@@H]1CO. The first kappa shape index (κ1) is 31.4. The third kappa shape index (κ3) is 9.14. The van der Waals surface area contributed by atoms with Crippen LogP contribution in [0.2, 0.25) is 0 Å². The van der Waals surface area contributed by atoms with Gasteiger partial charge in [0.25, 0.3) is 0 Å². The molecule has 0 unspecified atom stereocenters. The molecule has 1 saturated heterocycles. The Morgan fingerprint density at radius 1 is 1.05 bits per heavy atom. The van der Waals surface area contributed by atoms with Gasteiger partial charge in [0, 0.05) is 29.9 Å². The standard InChI is InChI=1S/C29H47NO7/c1-8-25-22(17-31)11-9-10-12-24(32)19(3)15-20(4)28(18(2)13-14-26(33)36-25)37-29-27(34)23(30(6)7)16-21(5)35-29/h9-14,18-23,25,27-29,31,34H,8,15-17H2,1-7H3/b11-9+,12-10+,14-13+/t18-,19+,20+,21-,22+,23+,25+,27-,28+,29+/m0/s1. The van der Waals surface area contributed by atoms with E-state index < -0.39 is 30.6 Å². The number of hydrogen-bond donors (Lipinski definition) is 2. The number of carbonyl (C=O) groups is 2. The molecular formula is C29H47NO7. The van der Waals surface area contributed by atoms with E-state index in [0.717, 1.165) is 0 Å². The highest BCUT2D eigenvalue weighted by molar-refractivity contribution is 5.91. The van der Waals surface area contributed by atoms with Gasteiger partial charge in [-0.15, -0.1) is 0 Å². The van der Waals surface area contributed by atoms with Gasteiger partial charge in [-0.2, -0.15) is 0 Å². The number of hydrogen-bond acceptors (Lipinski definition) is 8. The van der Waals surface area contributed by atoms with Crippen molar-refractivity contribution in [1.82, 2.24) is 4.90 Å². The van der Waals surface area contributed by atoms with Gasteiger partial charge in [-0.1, -0.05) is 52.0 Å². The van der Waals surface area contributed by atoms with Crippen LogP contribution in [0.15, 0.2) is 36.5 Å². The van der Waals surface area contributed by atoms with E-state index in [1.54, 1.807) is 24.3 Å². The Kier molecular flexibility index (Phi) is 12.7. The maximum Gasteiger partial charge on any atom is 0.330 e. The molecule has 0 aromatic rings. The summed E-state index contributed by atoms with van der Waals surface area (Å²) in [6, 6.07) is -0.111. The first-order valence-electron chi connectivity index (χ1n) is 13.5. The molecule has 0 bridgehead atoms. The largest absolute Gasteiger partial charge is 0.459 e. The number of ketones is 1. The number of rotatable bonds is 5. The van der Waals surface area contributed by atoms with Crippen LogP contribution < -0.4 is 0 Å². The van der Waals surface area contributed by atoms with Crippen LogP contribution in [0.5, 0.6) is 0 Å². The zero-order valence-electron chi connectivity index (χ0n) is 23.4. The van der Waals surface area contributed by atoms with E-state index >= 15 is 0 Å². The Balaban J connectivity index is 2.35. The fourth-order valence-corrected chi connectivity index (χ4v) is 5.22. The van der Waals surface area contributed by atoms with Crippen LogP contribution in [0.4, 0.5) is 0 Å². The normalized spacial score (nSPS) is 41.2. The predicted octanol–water partition coefficient (Wildman–Crippen LogP) is 3.28. The van der Waals surface area contributed by atoms with Gasteiger partial charge >= 0.3 is 5.97 Å². The van der Waals surface area contributed by atoms with Gasteiger partial charge in [0.2, 0.25) is 0 Å². The van der Waals surface area contributed by atoms with Crippen LogP contribution in [-0.2, 0) is 23.8 Å². The molecule has 8 heteroatoms. The second-order valence-electron chi connectivity index (χ2n) is 10.9. The lowest BCUT2D eigenvalue weighted by atomic mass is 9.84. The molecule has 10 atom stereocenters. The number of allylic oxidation sites excluding steroid dienone is 3. The molecule has 2 aliphatic rings. The van der Waals surface area contributed by atoms with Gasteiger partial charge in [0.05, 0.1) is 18.8 Å². The summed E-state index contributed by atoms with van der Waals surface area (Å²) in [6.45, 7) is 9.54. The Morgan fingerprint density at radius 2 is 1.76 bits per heavy atom. The topological polar surface area (TPSA) is 106 Å². The molecule has 0 spiro atoms. The maximum absolute atomic E-state index is 12.8. The Bertz CT molecular complexity index is 823. The van der Waals surface area contributed by atoms with Crippen molar-refractivity contribution >= 4 is 11.8 Å². The predicted molar refractivity (Wildman–Crippen MR) is 143 cm³/mol. The number of nitrogens with zero attached hydrogens (tertiary/aromatic N) is 1. The van der Waals surface area contributed by atoms with Gasteiger partial charge < -0.3 is 29.3 Å². The smallest absolute Gasteiger partial charge is 0.330 e. The number of likely N-dealkylation sites (N-methyl/N-ethyl adjacent to an activating group) is 1. The van der Waals surface area contributed by atoms with E-state index in [0.29, 0.717) is 19.3 Å². The van der Waals surface area contributed by atoms with E-state index in [9.17, 15) is 19.8 Å². The van der Waals surface area contributed by atoms with Crippen LogP contribution in [-0.4, -0.2) is 84.3 Å². The fraction of sp³-hybridized carbons (Fsp3) is 0.724. The highest BCUT2D eigenvalue weighted by Crippen LogP contribution is 2.31. The molecule has 1 fully saturated rings. The lowest BCUT2D eigenvalue weighted by Crippen LogP contribution is -2.55. The van der Waals surface area contributed by atoms with Crippen LogP contribution in [0.1, 0.15) is 53.9 Å². The second kappa shape index (κ2) is 14.9. The molecular weight excluding hydrogens is 474 g/mol. The monoisotopic (exact) mass is 521 g/mol. The minimum atomic E-state index is -0.839. The van der Waals surface area contributed by atoms with Crippen molar-refractivity contribution in [3.63, 3.8) is 0 Å². The lowest BCUT2D eigenvalue weighted by molar-refractivity contribution is -0.277. The summed E-state index contributed by atoms with van der Waals surface area (Å²) in [6.07, 6.45) is 8.95. The average Bonchev–Trinajstić information content (AvgIpc) is 2.85. The van der Waals surface area contributed by atoms with E-state index in [1.807, 2.05) is 53.6 Å². The first-order valence-corrected chi connectivity index (χ1v) is 13.5. The Morgan fingerprint density at radius 3 is 2.38 bits per heavy atom. The summed E-state index contributed by atoms with van der Waals surface area (Å²) in [5.41, 5.74) is 0. The van der Waals surface area contributed by atoms with Gasteiger partial charge in [0.1, 0.15) is 12.2 Å². The van der Waals surface area contributed by atoms with Gasteiger partial charge in [-0.25, -0.2) is 4.79 Å². The quantitative estimate of drug-likeness (QED) is 0.531. The number of aliphatic hydroxyl groups excluding tert-OH is 2.